The van der Waals surface area contributed by atoms with Crippen molar-refractivity contribution in [2.75, 3.05) is 32.1 Å². The average Bonchev–Trinajstić information content (AvgIpc) is 3.49. The van der Waals surface area contributed by atoms with Crippen LogP contribution in [-0.4, -0.2) is 73.4 Å². The number of fused-ring (bicyclic) bond motifs is 1. The van der Waals surface area contributed by atoms with Crippen LogP contribution in [0, 0.1) is 11.8 Å². The first-order chi connectivity index (χ1) is 18.6. The molecule has 11 heteroatoms. The van der Waals surface area contributed by atoms with E-state index in [4.69, 9.17) is 4.74 Å². The van der Waals surface area contributed by atoms with Gasteiger partial charge < -0.3 is 20.1 Å². The van der Waals surface area contributed by atoms with Gasteiger partial charge in [-0.3, -0.25) is 9.59 Å². The van der Waals surface area contributed by atoms with Gasteiger partial charge in [0, 0.05) is 36.7 Å². The van der Waals surface area contributed by atoms with Crippen molar-refractivity contribution in [1.29, 1.82) is 0 Å². The fourth-order valence-electron chi connectivity index (χ4n) is 5.25. The molecule has 1 aromatic carbocycles. The summed E-state index contributed by atoms with van der Waals surface area (Å²) in [6.07, 6.45) is 4.51. The molecule has 0 saturated heterocycles. The number of aliphatic hydroxyl groups is 1. The lowest BCUT2D eigenvalue weighted by Gasteiger charge is -2.33. The van der Waals surface area contributed by atoms with Crippen molar-refractivity contribution in [1.82, 2.24) is 9.21 Å². The number of ether oxygens (including phenoxy) is 1. The van der Waals surface area contributed by atoms with Crippen molar-refractivity contribution in [3.05, 3.63) is 41.3 Å². The largest absolute Gasteiger partial charge is 0.488 e. The van der Waals surface area contributed by atoms with Gasteiger partial charge in [0.15, 0.2) is 0 Å². The molecule has 2 amide bonds. The first-order valence-electron chi connectivity index (χ1n) is 13.6. The Labute approximate surface area is 235 Å². The van der Waals surface area contributed by atoms with E-state index in [1.54, 1.807) is 47.5 Å². The summed E-state index contributed by atoms with van der Waals surface area (Å²) >= 11 is 1.16. The molecule has 0 bridgehead atoms. The minimum atomic E-state index is -3.70. The van der Waals surface area contributed by atoms with E-state index >= 15 is 0 Å². The second kappa shape index (κ2) is 12.8. The van der Waals surface area contributed by atoms with Crippen LogP contribution < -0.4 is 10.1 Å². The third-order valence-electron chi connectivity index (χ3n) is 7.76. The summed E-state index contributed by atoms with van der Waals surface area (Å²) in [5, 5.41) is 14.6. The van der Waals surface area contributed by atoms with Gasteiger partial charge in [-0.15, -0.1) is 11.3 Å². The highest BCUT2D eigenvalue weighted by atomic mass is 32.2. The Balaban J connectivity index is 1.62. The summed E-state index contributed by atoms with van der Waals surface area (Å²) in [6, 6.07) is 8.15. The van der Waals surface area contributed by atoms with Crippen LogP contribution in [0.4, 0.5) is 5.69 Å². The zero-order valence-electron chi connectivity index (χ0n) is 22.8. The number of carbonyl (C=O) groups excluding carboxylic acids is 2. The van der Waals surface area contributed by atoms with Crippen LogP contribution in [0.2, 0.25) is 0 Å². The molecule has 0 unspecified atom stereocenters. The smallest absolute Gasteiger partial charge is 0.252 e. The van der Waals surface area contributed by atoms with Crippen molar-refractivity contribution in [2.45, 2.75) is 68.7 Å². The van der Waals surface area contributed by atoms with E-state index < -0.39 is 22.2 Å². The van der Waals surface area contributed by atoms with E-state index in [9.17, 15) is 23.1 Å². The Morgan fingerprint density at radius 3 is 2.67 bits per heavy atom. The minimum Gasteiger partial charge on any atom is -0.488 e. The Bertz CT molecular complexity index is 1240. The van der Waals surface area contributed by atoms with Crippen molar-refractivity contribution < 1.29 is 27.9 Å². The van der Waals surface area contributed by atoms with Crippen LogP contribution in [0.1, 0.15) is 51.5 Å². The molecule has 2 aliphatic rings. The lowest BCUT2D eigenvalue weighted by atomic mass is 9.88. The number of hydrogen-bond acceptors (Lipinski definition) is 7. The van der Waals surface area contributed by atoms with Gasteiger partial charge in [-0.2, -0.15) is 4.31 Å². The molecule has 2 aromatic rings. The topological polar surface area (TPSA) is 116 Å². The van der Waals surface area contributed by atoms with E-state index in [1.807, 2.05) is 6.92 Å². The van der Waals surface area contributed by atoms with E-state index in [2.05, 4.69) is 5.32 Å². The Morgan fingerprint density at radius 1 is 1.26 bits per heavy atom. The zero-order chi connectivity index (χ0) is 28.2. The molecular weight excluding hydrogens is 538 g/mol. The second-order valence-corrected chi connectivity index (χ2v) is 14.0. The first kappa shape index (κ1) is 29.5. The molecule has 0 spiro atoms. The SMILES string of the molecule is C[C@H](CO)N1C[C@H](C)[C@@H](CN(C)S(=O)(=O)c2cccs2)Oc2ccc(NC(=O)C3CCCCC3)cc2CC1=O. The molecule has 1 saturated carbocycles. The van der Waals surface area contributed by atoms with E-state index in [0.29, 0.717) is 23.5 Å². The van der Waals surface area contributed by atoms with Crippen LogP contribution in [0.5, 0.6) is 5.75 Å². The standard InChI is InChI=1S/C28H39N3O6S2/c1-19-16-31(20(2)18-32)26(33)15-22-14-23(29-28(34)21-8-5-4-6-9-21)11-12-24(22)37-25(19)17-30(3)39(35,36)27-10-7-13-38-27/h7,10-14,19-21,25,32H,4-6,8-9,15-18H2,1-3H3,(H,29,34)/t19-,20+,25+/m0/s1. The molecule has 4 rings (SSSR count). The van der Waals surface area contributed by atoms with Crippen molar-refractivity contribution in [2.24, 2.45) is 11.8 Å². The molecule has 3 atom stereocenters. The molecule has 0 radical (unpaired) electrons. The quantitative estimate of drug-likeness (QED) is 0.494. The number of benzene rings is 1. The molecule has 1 aliphatic carbocycles. The molecule has 1 aliphatic heterocycles. The Hall–Kier alpha value is -2.47. The lowest BCUT2D eigenvalue weighted by molar-refractivity contribution is -0.134. The number of aliphatic hydroxyl groups excluding tert-OH is 1. The molecular formula is C28H39N3O6S2. The van der Waals surface area contributed by atoms with Crippen LogP contribution >= 0.6 is 11.3 Å². The normalized spacial score (nSPS) is 21.9. The van der Waals surface area contributed by atoms with Gasteiger partial charge in [0.2, 0.25) is 11.8 Å². The molecule has 2 N–H and O–H groups in total. The number of anilines is 1. The molecule has 2 heterocycles. The molecule has 1 aromatic heterocycles. The van der Waals surface area contributed by atoms with Gasteiger partial charge in [-0.1, -0.05) is 32.3 Å². The number of sulfonamides is 1. The van der Waals surface area contributed by atoms with Crippen LogP contribution in [0.3, 0.4) is 0 Å². The van der Waals surface area contributed by atoms with Crippen LogP contribution in [0.25, 0.3) is 0 Å². The van der Waals surface area contributed by atoms with Crippen LogP contribution in [-0.2, 0) is 26.0 Å². The number of thiophene rings is 1. The third-order valence-corrected chi connectivity index (χ3v) is 11.0. The number of nitrogens with one attached hydrogen (secondary N) is 1. The number of nitrogens with zero attached hydrogens (tertiary/aromatic N) is 2. The highest BCUT2D eigenvalue weighted by Crippen LogP contribution is 2.31. The van der Waals surface area contributed by atoms with Gasteiger partial charge in [-0.25, -0.2) is 8.42 Å². The molecule has 9 nitrogen and oxygen atoms in total. The summed E-state index contributed by atoms with van der Waals surface area (Å²) in [4.78, 5) is 27.9. The molecule has 214 valence electrons. The summed E-state index contributed by atoms with van der Waals surface area (Å²) in [5.74, 6) is 0.0715. The van der Waals surface area contributed by atoms with E-state index in [0.717, 1.165) is 43.4 Å². The van der Waals surface area contributed by atoms with Gasteiger partial charge in [0.05, 0.1) is 25.6 Å². The lowest BCUT2D eigenvalue weighted by Crippen LogP contribution is -2.48. The predicted molar refractivity (Wildman–Crippen MR) is 151 cm³/mol. The average molecular weight is 578 g/mol. The van der Waals surface area contributed by atoms with Crippen LogP contribution in [0.15, 0.2) is 39.9 Å². The molecule has 39 heavy (non-hydrogen) atoms. The number of amides is 2. The number of carbonyl (C=O) groups is 2. The zero-order valence-corrected chi connectivity index (χ0v) is 24.5. The van der Waals surface area contributed by atoms with Gasteiger partial charge in [0.1, 0.15) is 16.1 Å². The van der Waals surface area contributed by atoms with Gasteiger partial charge in [-0.05, 0) is 49.4 Å². The number of rotatable bonds is 8. The summed E-state index contributed by atoms with van der Waals surface area (Å²) < 4.78 is 34.3. The Morgan fingerprint density at radius 2 is 2.00 bits per heavy atom. The maximum Gasteiger partial charge on any atom is 0.252 e. The van der Waals surface area contributed by atoms with Crippen molar-refractivity contribution in [3.63, 3.8) is 0 Å². The summed E-state index contributed by atoms with van der Waals surface area (Å²) in [6.45, 7) is 3.90. The first-order valence-corrected chi connectivity index (χ1v) is 15.9. The fraction of sp³-hybridized carbons (Fsp3) is 0.571. The minimum absolute atomic E-state index is 0.00574. The predicted octanol–water partition coefficient (Wildman–Crippen LogP) is 3.74. The summed E-state index contributed by atoms with van der Waals surface area (Å²) in [5.41, 5.74) is 1.21. The number of likely N-dealkylation sites (N-methyl/N-ethyl adjacent to an activating group) is 1. The summed E-state index contributed by atoms with van der Waals surface area (Å²) in [7, 11) is -2.17. The highest BCUT2D eigenvalue weighted by Gasteiger charge is 2.34. The van der Waals surface area contributed by atoms with E-state index in [-0.39, 0.29) is 47.4 Å². The third kappa shape index (κ3) is 7.00. The fourth-order valence-corrected chi connectivity index (χ4v) is 7.63. The Kier molecular flexibility index (Phi) is 9.69. The van der Waals surface area contributed by atoms with Crippen molar-refractivity contribution >= 4 is 38.9 Å². The maximum absolute atomic E-state index is 13.4. The van der Waals surface area contributed by atoms with Gasteiger partial charge in [0.25, 0.3) is 10.0 Å². The number of hydrogen-bond donors (Lipinski definition) is 2. The highest BCUT2D eigenvalue weighted by molar-refractivity contribution is 7.91. The monoisotopic (exact) mass is 577 g/mol. The maximum atomic E-state index is 13.4. The van der Waals surface area contributed by atoms with E-state index in [1.165, 1.54) is 11.4 Å². The second-order valence-electron chi connectivity index (χ2n) is 10.8. The van der Waals surface area contributed by atoms with Crippen molar-refractivity contribution in [3.8, 4) is 5.75 Å². The molecule has 1 fully saturated rings. The van der Waals surface area contributed by atoms with Gasteiger partial charge >= 0.3 is 0 Å².